The molecule has 2 N–H and O–H groups in total. The van der Waals surface area contributed by atoms with Gasteiger partial charge in [0, 0.05) is 19.2 Å². The van der Waals surface area contributed by atoms with Crippen molar-refractivity contribution in [2.45, 2.75) is 6.92 Å². The molecule has 72 valence electrons. The number of nitrogens with one attached hydrogen (secondary N) is 1. The fourth-order valence-electron chi connectivity index (χ4n) is 1.13. The van der Waals surface area contributed by atoms with Gasteiger partial charge in [-0.1, -0.05) is 0 Å². The molecule has 0 unspecified atom stereocenters. The van der Waals surface area contributed by atoms with E-state index in [-0.39, 0.29) is 30.7 Å². The first kappa shape index (κ1) is 9.73. The molecule has 1 heterocycles. The van der Waals surface area contributed by atoms with Crippen LogP contribution in [0.25, 0.3) is 0 Å². The predicted octanol–water partition coefficient (Wildman–Crippen LogP) is -1.16. The maximum atomic E-state index is 11.3. The molecular formula is C8H12N2O3. The summed E-state index contributed by atoms with van der Waals surface area (Å²) in [7, 11) is 0. The Kier molecular flexibility index (Phi) is 3.02. The number of nitrogens with zero attached hydrogens (tertiary/aromatic N) is 1. The van der Waals surface area contributed by atoms with Gasteiger partial charge in [-0.05, 0) is 6.92 Å². The maximum absolute atomic E-state index is 11.3. The lowest BCUT2D eigenvalue weighted by molar-refractivity contribution is -0.137. The first-order valence-electron chi connectivity index (χ1n) is 4.13. The molecule has 0 bridgehead atoms. The van der Waals surface area contributed by atoms with Crippen molar-refractivity contribution in [2.24, 2.45) is 0 Å². The minimum atomic E-state index is -0.319. The quantitative estimate of drug-likeness (QED) is 0.541. The third kappa shape index (κ3) is 1.86. The number of likely N-dealkylation sites (N-methyl/N-ethyl adjacent to an activating group) is 1. The first-order chi connectivity index (χ1) is 6.20. The topological polar surface area (TPSA) is 69.6 Å². The molecule has 0 saturated carbocycles. The van der Waals surface area contributed by atoms with Crippen LogP contribution in [0.2, 0.25) is 0 Å². The molecule has 0 fully saturated rings. The maximum Gasteiger partial charge on any atom is 0.276 e. The van der Waals surface area contributed by atoms with Gasteiger partial charge in [-0.25, -0.2) is 0 Å². The minimum absolute atomic E-state index is 0.0645. The Labute approximate surface area is 76.0 Å². The van der Waals surface area contributed by atoms with Crippen molar-refractivity contribution in [1.82, 2.24) is 10.2 Å². The van der Waals surface area contributed by atoms with Crippen LogP contribution in [-0.4, -0.2) is 41.5 Å². The number of aliphatic hydroxyl groups is 1. The van der Waals surface area contributed by atoms with Gasteiger partial charge in [-0.3, -0.25) is 14.5 Å². The molecule has 0 aromatic rings. The van der Waals surface area contributed by atoms with E-state index in [1.54, 1.807) is 6.92 Å². The average Bonchev–Trinajstić information content (AvgIpc) is 2.38. The fourth-order valence-corrected chi connectivity index (χ4v) is 1.13. The second kappa shape index (κ2) is 4.04. The van der Waals surface area contributed by atoms with E-state index in [0.29, 0.717) is 6.54 Å². The van der Waals surface area contributed by atoms with Crippen molar-refractivity contribution in [3.63, 3.8) is 0 Å². The highest BCUT2D eigenvalue weighted by Crippen LogP contribution is 2.08. The van der Waals surface area contributed by atoms with Crippen LogP contribution in [-0.2, 0) is 9.59 Å². The molecule has 0 aromatic heterocycles. The molecule has 0 aromatic carbocycles. The van der Waals surface area contributed by atoms with Gasteiger partial charge in [0.1, 0.15) is 5.70 Å². The number of imide groups is 1. The fraction of sp³-hybridized carbons (Fsp3) is 0.500. The molecule has 1 aliphatic heterocycles. The van der Waals surface area contributed by atoms with Crippen LogP contribution in [0.4, 0.5) is 0 Å². The largest absolute Gasteiger partial charge is 0.395 e. The lowest BCUT2D eigenvalue weighted by atomic mass is 10.4. The third-order valence-corrected chi connectivity index (χ3v) is 1.75. The molecule has 1 aliphatic rings. The van der Waals surface area contributed by atoms with Crippen LogP contribution in [0.3, 0.4) is 0 Å². The van der Waals surface area contributed by atoms with E-state index in [9.17, 15) is 9.59 Å². The smallest absolute Gasteiger partial charge is 0.276 e. The van der Waals surface area contributed by atoms with Gasteiger partial charge in [0.15, 0.2) is 0 Å². The van der Waals surface area contributed by atoms with Crippen molar-refractivity contribution in [2.75, 3.05) is 19.7 Å². The van der Waals surface area contributed by atoms with Crippen LogP contribution in [0.1, 0.15) is 6.92 Å². The van der Waals surface area contributed by atoms with Crippen molar-refractivity contribution >= 4 is 11.8 Å². The van der Waals surface area contributed by atoms with E-state index < -0.39 is 0 Å². The summed E-state index contributed by atoms with van der Waals surface area (Å²) >= 11 is 0. The van der Waals surface area contributed by atoms with Gasteiger partial charge in [0.2, 0.25) is 0 Å². The Balaban J connectivity index is 2.63. The molecule has 2 amide bonds. The normalized spacial score (nSPS) is 16.5. The van der Waals surface area contributed by atoms with Gasteiger partial charge < -0.3 is 10.4 Å². The van der Waals surface area contributed by atoms with Crippen LogP contribution in [0.5, 0.6) is 0 Å². The number of hydrogen-bond acceptors (Lipinski definition) is 4. The molecule has 0 atom stereocenters. The minimum Gasteiger partial charge on any atom is -0.395 e. The van der Waals surface area contributed by atoms with Gasteiger partial charge in [0.25, 0.3) is 11.8 Å². The van der Waals surface area contributed by atoms with E-state index in [1.807, 2.05) is 0 Å². The Morgan fingerprint density at radius 2 is 2.23 bits per heavy atom. The molecule has 0 aliphatic carbocycles. The molecule has 0 spiro atoms. The van der Waals surface area contributed by atoms with Crippen LogP contribution < -0.4 is 5.32 Å². The van der Waals surface area contributed by atoms with E-state index >= 15 is 0 Å². The summed E-state index contributed by atoms with van der Waals surface area (Å²) in [6, 6.07) is 0. The Morgan fingerprint density at radius 1 is 1.54 bits per heavy atom. The Bertz CT molecular complexity index is 260. The summed E-state index contributed by atoms with van der Waals surface area (Å²) in [5.74, 6) is -0.617. The third-order valence-electron chi connectivity index (χ3n) is 1.75. The molecule has 13 heavy (non-hydrogen) atoms. The molecule has 5 heteroatoms. The van der Waals surface area contributed by atoms with Gasteiger partial charge in [-0.15, -0.1) is 0 Å². The van der Waals surface area contributed by atoms with Crippen molar-refractivity contribution in [3.8, 4) is 0 Å². The summed E-state index contributed by atoms with van der Waals surface area (Å²) in [5.41, 5.74) is 0.265. The number of amides is 2. The molecule has 1 rings (SSSR count). The van der Waals surface area contributed by atoms with E-state index in [2.05, 4.69) is 5.32 Å². The van der Waals surface area contributed by atoms with E-state index in [0.717, 1.165) is 4.90 Å². The van der Waals surface area contributed by atoms with Crippen molar-refractivity contribution in [1.29, 1.82) is 0 Å². The zero-order valence-corrected chi connectivity index (χ0v) is 7.41. The lowest BCUT2D eigenvalue weighted by Gasteiger charge is -2.11. The van der Waals surface area contributed by atoms with Crippen LogP contribution >= 0.6 is 0 Å². The highest BCUT2D eigenvalue weighted by molar-refractivity contribution is 6.15. The van der Waals surface area contributed by atoms with Crippen molar-refractivity contribution < 1.29 is 14.7 Å². The number of carbonyl (C=O) groups is 2. The molecule has 5 nitrogen and oxygen atoms in total. The molecule has 0 saturated heterocycles. The summed E-state index contributed by atoms with van der Waals surface area (Å²) in [4.78, 5) is 23.6. The Hall–Kier alpha value is -1.36. The summed E-state index contributed by atoms with van der Waals surface area (Å²) in [6.45, 7) is 2.32. The zero-order valence-electron chi connectivity index (χ0n) is 7.41. The summed E-state index contributed by atoms with van der Waals surface area (Å²) in [6.07, 6.45) is 1.25. The molecular weight excluding hydrogens is 172 g/mol. The number of carbonyl (C=O) groups excluding carboxylic acids is 2. The summed E-state index contributed by atoms with van der Waals surface area (Å²) in [5, 5.41) is 11.2. The summed E-state index contributed by atoms with van der Waals surface area (Å²) < 4.78 is 0. The average molecular weight is 184 g/mol. The van der Waals surface area contributed by atoms with Crippen molar-refractivity contribution in [3.05, 3.63) is 11.8 Å². The SMILES string of the molecule is CCN1C(=O)C=C(NCCO)C1=O. The monoisotopic (exact) mass is 184 g/mol. The van der Waals surface area contributed by atoms with Crippen LogP contribution in [0, 0.1) is 0 Å². The first-order valence-corrected chi connectivity index (χ1v) is 4.13. The highest BCUT2D eigenvalue weighted by atomic mass is 16.3. The van der Waals surface area contributed by atoms with Gasteiger partial charge >= 0.3 is 0 Å². The Morgan fingerprint density at radius 3 is 2.69 bits per heavy atom. The zero-order chi connectivity index (χ0) is 9.84. The predicted molar refractivity (Wildman–Crippen MR) is 45.6 cm³/mol. The number of hydrogen-bond donors (Lipinski definition) is 2. The highest BCUT2D eigenvalue weighted by Gasteiger charge is 2.28. The lowest BCUT2D eigenvalue weighted by Crippen LogP contribution is -2.33. The van der Waals surface area contributed by atoms with E-state index in [1.165, 1.54) is 6.08 Å². The number of rotatable bonds is 4. The standard InChI is InChI=1S/C8H12N2O3/c1-2-10-7(12)5-6(8(10)13)9-3-4-11/h5,9,11H,2-4H2,1H3. The van der Waals surface area contributed by atoms with Gasteiger partial charge in [-0.2, -0.15) is 0 Å². The van der Waals surface area contributed by atoms with Gasteiger partial charge in [0.05, 0.1) is 6.61 Å². The second-order valence-corrected chi connectivity index (χ2v) is 2.60. The van der Waals surface area contributed by atoms with E-state index in [4.69, 9.17) is 5.11 Å². The second-order valence-electron chi connectivity index (χ2n) is 2.60. The molecule has 0 radical (unpaired) electrons. The van der Waals surface area contributed by atoms with Crippen LogP contribution in [0.15, 0.2) is 11.8 Å². The number of aliphatic hydroxyl groups excluding tert-OH is 1.